The molecule has 0 saturated heterocycles. The monoisotopic (exact) mass is 1940 g/mol. The molecule has 8 aromatic carbocycles. The molecule has 0 N–H and O–H groups in total. The lowest BCUT2D eigenvalue weighted by Gasteiger charge is -2.25. The molecule has 0 atom stereocenters. The average molecular weight is 1940 g/mol. The van der Waals surface area contributed by atoms with E-state index in [1.165, 1.54) is 322 Å². The van der Waals surface area contributed by atoms with Crippen LogP contribution >= 0.6 is 0 Å². The molecule has 6 aromatic heterocycles. The van der Waals surface area contributed by atoms with Crippen molar-refractivity contribution in [2.45, 2.75) is 443 Å². The van der Waals surface area contributed by atoms with Crippen molar-refractivity contribution < 1.29 is 0 Å². The molecule has 0 fully saturated rings. The molecule has 776 valence electrons. The number of pyridine rings is 4. The molecule has 144 heavy (non-hydrogen) atoms. The van der Waals surface area contributed by atoms with Gasteiger partial charge in [0.25, 0.3) is 0 Å². The summed E-state index contributed by atoms with van der Waals surface area (Å²) in [5.41, 5.74) is 89.8. The zero-order valence-electron chi connectivity index (χ0n) is 104. The third-order valence-corrected chi connectivity index (χ3v) is 36.4. The Labute approximate surface area is 879 Å². The molecule has 0 spiro atoms. The number of aromatic nitrogens is 8. The predicted octanol–water partition coefficient (Wildman–Crippen LogP) is 37.4. The van der Waals surface area contributed by atoms with Crippen LogP contribution < -0.4 is 0 Å². The van der Waals surface area contributed by atoms with Crippen molar-refractivity contribution in [3.63, 3.8) is 0 Å². The summed E-state index contributed by atoms with van der Waals surface area (Å²) < 4.78 is 0. The van der Waals surface area contributed by atoms with Gasteiger partial charge in [0.2, 0.25) is 0 Å². The minimum Gasteiger partial charge on any atom is -0.258 e. The first-order valence-corrected chi connectivity index (χ1v) is 52.6. The highest BCUT2D eigenvalue weighted by atomic mass is 14.9. The smallest absolute Gasteiger partial charge is 0.125 e. The number of rotatable bonds is 2. The molecule has 0 amide bonds. The van der Waals surface area contributed by atoms with E-state index in [0.29, 0.717) is 0 Å². The van der Waals surface area contributed by atoms with Crippen molar-refractivity contribution in [1.82, 2.24) is 39.9 Å². The quantitative estimate of drug-likeness (QED) is 0.169. The Hall–Kier alpha value is -11.0. The first kappa shape index (κ1) is 124. The molecule has 0 aliphatic rings. The fourth-order valence-electron chi connectivity index (χ4n) is 20.8. The fraction of sp³-hybridized carbons (Fsp3) is 0.471. The molecule has 14 rings (SSSR count). The van der Waals surface area contributed by atoms with Crippen LogP contribution in [-0.2, 0) is 0 Å². The largest absolute Gasteiger partial charge is 0.258 e. The zero-order valence-corrected chi connectivity index (χ0v) is 104. The summed E-state index contributed by atoms with van der Waals surface area (Å²) >= 11 is 0. The number of fused-ring (bicyclic) bond motifs is 2. The van der Waals surface area contributed by atoms with Gasteiger partial charge in [-0.05, 0) is 760 Å². The van der Waals surface area contributed by atoms with Crippen LogP contribution in [0.4, 0.5) is 0 Å². The third-order valence-electron chi connectivity index (χ3n) is 36.4. The highest BCUT2D eigenvalue weighted by Crippen LogP contribution is 2.44. The van der Waals surface area contributed by atoms with Crippen LogP contribution in [0.25, 0.3) is 43.8 Å². The van der Waals surface area contributed by atoms with Gasteiger partial charge in [-0.1, -0.05) is 0 Å². The molecule has 0 radical (unpaired) electrons. The van der Waals surface area contributed by atoms with E-state index in [1.54, 1.807) is 0 Å². The van der Waals surface area contributed by atoms with E-state index >= 15 is 0 Å². The van der Waals surface area contributed by atoms with Crippen molar-refractivity contribution in [2.75, 3.05) is 0 Å². The van der Waals surface area contributed by atoms with Crippen LogP contribution in [0.15, 0.2) is 0 Å². The van der Waals surface area contributed by atoms with Gasteiger partial charge in [0.05, 0.1) is 0 Å². The van der Waals surface area contributed by atoms with Gasteiger partial charge in [-0.15, -0.1) is 0 Å². The Morgan fingerprint density at radius 3 is 0.306 bits per heavy atom. The highest BCUT2D eigenvalue weighted by Gasteiger charge is 2.25. The highest BCUT2D eigenvalue weighted by molar-refractivity contribution is 5.98. The fourth-order valence-corrected chi connectivity index (χ4v) is 20.8. The predicted molar refractivity (Wildman–Crippen MR) is 636 cm³/mol. The summed E-state index contributed by atoms with van der Waals surface area (Å²) in [6.07, 6.45) is 0. The van der Waals surface area contributed by atoms with Crippen LogP contribution in [0, 0.1) is 443 Å². The van der Waals surface area contributed by atoms with Gasteiger partial charge in [-0.2, -0.15) is 0 Å². The van der Waals surface area contributed by atoms with E-state index in [0.717, 1.165) is 80.0 Å². The molecule has 0 bridgehead atoms. The molecule has 0 aliphatic carbocycles. The van der Waals surface area contributed by atoms with Gasteiger partial charge in [-0.3, -0.25) is 19.9 Å². The summed E-state index contributed by atoms with van der Waals surface area (Å²) in [6.45, 7) is 140. The third kappa shape index (κ3) is 25.8. The molecule has 6 heterocycles. The van der Waals surface area contributed by atoms with Gasteiger partial charge < -0.3 is 0 Å². The van der Waals surface area contributed by atoms with Crippen LogP contribution in [0.2, 0.25) is 0 Å². The molecular weight excluding hydrogens is 1750 g/mol. The van der Waals surface area contributed by atoms with E-state index in [2.05, 4.69) is 423 Å². The first-order valence-electron chi connectivity index (χ1n) is 52.6. The zero-order chi connectivity index (χ0) is 111. The van der Waals surface area contributed by atoms with Crippen LogP contribution in [0.5, 0.6) is 0 Å². The Morgan fingerprint density at radius 2 is 0.160 bits per heavy atom. The topological polar surface area (TPSA) is 103 Å². The Balaban J connectivity index is 0.000000285. The summed E-state index contributed by atoms with van der Waals surface area (Å²) in [4.78, 5) is 35.0. The number of nitrogens with zero attached hydrogens (tertiary/aromatic N) is 8. The molecule has 0 aliphatic heterocycles. The van der Waals surface area contributed by atoms with Gasteiger partial charge in [-0.25, -0.2) is 19.9 Å². The summed E-state index contributed by atoms with van der Waals surface area (Å²) in [6, 6.07) is 0. The number of hydrogen-bond donors (Lipinski definition) is 0. The SMILES string of the molecule is Cc1c(C)c(C)c(-c2c(C)c(C)c(C)c(C)c2C)c(C)c1C.Cc1c(C)c(C)c(C)c(C)c1C.Cc1c(C)c(C)c2c(C)c(C)c(C)c(C)c2c1C.Cc1c(C)c(C)c2c(C)c(C)c(C)c(C)c2c1C.Cc1nc(C)c(-c2c(C)c(C)c(C)c(C)c2C)c(C)c1C.Cc1nc(C)c(C)c(C)c1C.Cc1nc(C)c(C)c(C)c1C.Cc1nc(C)c(C)c(C)c1C.Cc1nc(C)c(C)c(C)n1.Cc1nc(C)c(C)c(C)n1. The van der Waals surface area contributed by atoms with Crippen molar-refractivity contribution in [3.05, 3.63) is 358 Å². The Morgan fingerprint density at radius 1 is 0.0694 bits per heavy atom. The molecule has 0 unspecified atom stereocenters. The molecule has 8 nitrogen and oxygen atoms in total. The lowest BCUT2D eigenvalue weighted by Crippen LogP contribution is -2.05. The average Bonchev–Trinajstić information content (AvgIpc) is 0.750. The van der Waals surface area contributed by atoms with E-state index < -0.39 is 0 Å². The van der Waals surface area contributed by atoms with Gasteiger partial charge >= 0.3 is 0 Å². The van der Waals surface area contributed by atoms with E-state index in [9.17, 15) is 0 Å². The maximum atomic E-state index is 4.77. The van der Waals surface area contributed by atoms with Gasteiger partial charge in [0.1, 0.15) is 11.6 Å². The molecule has 14 aromatic rings. The van der Waals surface area contributed by atoms with Crippen LogP contribution in [0.1, 0.15) is 358 Å². The Bertz CT molecular complexity index is 6380. The van der Waals surface area contributed by atoms with E-state index in [4.69, 9.17) is 4.98 Å². The second-order valence-electron chi connectivity index (χ2n) is 43.3. The van der Waals surface area contributed by atoms with E-state index in [1.807, 2.05) is 55.4 Å². The number of hydrogen-bond acceptors (Lipinski definition) is 8. The van der Waals surface area contributed by atoms with Crippen molar-refractivity contribution >= 4 is 21.5 Å². The molecule has 8 heteroatoms. The first-order chi connectivity index (χ1) is 66.1. The number of aryl methyl sites for hydroxylation is 22. The standard InChI is InChI=1S/C22H30.C20H27N.2C18H24.C12H18.3C10H15N.2C8H12N2/c1-11-13(3)17(7)21(18(8)14(11)4)22-19(9)15(5)12(2)16(6)20(22)10;1-10-11(2)14(5)19(15(6)12(10)3)20-16(7)13(4)17(8)21-18(20)9;2*1-9-10(2)14(6)18-16(8)12(4)11(3)15(7)17(18)13(9)5;1-7-8(2)10(4)12(6)11(5)9(7)3;3*1-6-7(2)9(4)11-10(5)8(6)3;2*1-5-6(2)9-8(4)10-7(5)3/h1-10H3;1-9H3;2*1-8H3;1-6H3;3*1-5H3;2*1-4H3. The van der Waals surface area contributed by atoms with Crippen LogP contribution in [0.3, 0.4) is 0 Å². The van der Waals surface area contributed by atoms with Crippen LogP contribution in [-0.4, -0.2) is 39.9 Å². The number of benzene rings is 8. The van der Waals surface area contributed by atoms with Crippen molar-refractivity contribution in [3.8, 4) is 22.3 Å². The maximum absolute atomic E-state index is 4.77. The molecule has 0 saturated carbocycles. The van der Waals surface area contributed by atoms with Crippen molar-refractivity contribution in [1.29, 1.82) is 0 Å². The Kier molecular flexibility index (Phi) is 42.8. The summed E-state index contributed by atoms with van der Waals surface area (Å²) in [5, 5.41) is 5.93. The minimum atomic E-state index is 0.862. The second kappa shape index (κ2) is 50.0. The van der Waals surface area contributed by atoms with Gasteiger partial charge in [0.15, 0.2) is 0 Å². The van der Waals surface area contributed by atoms with Crippen molar-refractivity contribution in [2.24, 2.45) is 0 Å². The summed E-state index contributed by atoms with van der Waals surface area (Å²) in [5.74, 6) is 1.72. The molecular formula is C136H192N8. The normalized spacial score (nSPS) is 10.8. The van der Waals surface area contributed by atoms with Gasteiger partial charge in [0, 0.05) is 73.9 Å². The lowest BCUT2D eigenvalue weighted by molar-refractivity contribution is 0.948. The second-order valence-corrected chi connectivity index (χ2v) is 43.3. The lowest BCUT2D eigenvalue weighted by atomic mass is 9.80. The van der Waals surface area contributed by atoms with E-state index in [-0.39, 0.29) is 0 Å². The summed E-state index contributed by atoms with van der Waals surface area (Å²) in [7, 11) is 0. The minimum absolute atomic E-state index is 0.862. The maximum Gasteiger partial charge on any atom is 0.125 e.